The highest BCUT2D eigenvalue weighted by Gasteiger charge is 2.38. The van der Waals surface area contributed by atoms with Gasteiger partial charge in [-0.05, 0) is 18.6 Å². The smallest absolute Gasteiger partial charge is 0.256 e. The van der Waals surface area contributed by atoms with E-state index in [1.807, 2.05) is 17.8 Å². The van der Waals surface area contributed by atoms with Gasteiger partial charge < -0.3 is 9.47 Å². The van der Waals surface area contributed by atoms with Crippen LogP contribution in [-0.4, -0.2) is 20.4 Å². The van der Waals surface area contributed by atoms with E-state index >= 15 is 0 Å². The van der Waals surface area contributed by atoms with Crippen LogP contribution in [0.25, 0.3) is 0 Å². The van der Waals surface area contributed by atoms with E-state index in [2.05, 4.69) is 11.1 Å². The number of rotatable bonds is 2. The molecule has 1 aromatic carbocycles. The second kappa shape index (κ2) is 4.90. The molecular formula is C15H13ClN4O. The lowest BCUT2D eigenvalue weighted by molar-refractivity contribution is 0.0738. The predicted octanol–water partition coefficient (Wildman–Crippen LogP) is 2.60. The molecule has 1 amide bonds. The van der Waals surface area contributed by atoms with Crippen molar-refractivity contribution in [1.29, 1.82) is 5.26 Å². The highest BCUT2D eigenvalue weighted by Crippen LogP contribution is 2.38. The van der Waals surface area contributed by atoms with Crippen molar-refractivity contribution >= 4 is 17.5 Å². The number of halogens is 1. The summed E-state index contributed by atoms with van der Waals surface area (Å²) in [6.07, 6.45) is 3.49. The van der Waals surface area contributed by atoms with Crippen LogP contribution in [-0.2, 0) is 13.6 Å². The van der Waals surface area contributed by atoms with Crippen molar-refractivity contribution in [1.82, 2.24) is 14.5 Å². The van der Waals surface area contributed by atoms with Gasteiger partial charge in [-0.2, -0.15) is 5.26 Å². The molecule has 1 atom stereocenters. The second-order valence-corrected chi connectivity index (χ2v) is 5.46. The van der Waals surface area contributed by atoms with E-state index in [4.69, 9.17) is 11.6 Å². The molecule has 1 aromatic heterocycles. The third-order valence-electron chi connectivity index (χ3n) is 3.87. The summed E-state index contributed by atoms with van der Waals surface area (Å²) in [4.78, 5) is 18.4. The van der Waals surface area contributed by atoms with E-state index in [1.165, 1.54) is 4.90 Å². The van der Waals surface area contributed by atoms with Crippen LogP contribution >= 0.6 is 11.6 Å². The molecular weight excluding hydrogens is 288 g/mol. The third kappa shape index (κ3) is 1.99. The van der Waals surface area contributed by atoms with Gasteiger partial charge in [0.15, 0.2) is 0 Å². The van der Waals surface area contributed by atoms with E-state index < -0.39 is 6.04 Å². The van der Waals surface area contributed by atoms with E-state index in [9.17, 15) is 10.1 Å². The molecule has 6 heteroatoms. The quantitative estimate of drug-likeness (QED) is 0.856. The maximum Gasteiger partial charge on any atom is 0.256 e. The van der Waals surface area contributed by atoms with Crippen LogP contribution in [0.15, 0.2) is 24.5 Å². The summed E-state index contributed by atoms with van der Waals surface area (Å²) in [5, 5.41) is 9.99. The van der Waals surface area contributed by atoms with E-state index in [-0.39, 0.29) is 5.91 Å². The monoisotopic (exact) mass is 300 g/mol. The molecule has 1 aliphatic rings. The van der Waals surface area contributed by atoms with Gasteiger partial charge in [0.25, 0.3) is 5.91 Å². The fraction of sp³-hybridized carbons (Fsp3) is 0.267. The number of carbonyl (C=O) groups excluding carboxylic acids is 1. The van der Waals surface area contributed by atoms with Gasteiger partial charge in [-0.15, -0.1) is 0 Å². The molecule has 0 fully saturated rings. The highest BCUT2D eigenvalue weighted by atomic mass is 35.5. The molecule has 21 heavy (non-hydrogen) atoms. The molecule has 3 rings (SSSR count). The number of imidazole rings is 1. The van der Waals surface area contributed by atoms with Crippen molar-refractivity contribution in [3.63, 3.8) is 0 Å². The fourth-order valence-electron chi connectivity index (χ4n) is 2.65. The minimum absolute atomic E-state index is 0.167. The molecule has 0 N–H and O–H groups in total. The Labute approximate surface area is 127 Å². The zero-order valence-corrected chi connectivity index (χ0v) is 12.4. The Morgan fingerprint density at radius 1 is 1.48 bits per heavy atom. The Bertz CT molecular complexity index is 774. The topological polar surface area (TPSA) is 61.9 Å². The number of nitriles is 1. The Kier molecular flexibility index (Phi) is 3.19. The molecule has 1 aliphatic heterocycles. The van der Waals surface area contributed by atoms with Gasteiger partial charge >= 0.3 is 0 Å². The minimum atomic E-state index is -0.597. The zero-order chi connectivity index (χ0) is 15.1. The Morgan fingerprint density at radius 2 is 2.24 bits per heavy atom. The van der Waals surface area contributed by atoms with Crippen LogP contribution in [0.2, 0.25) is 5.02 Å². The summed E-state index contributed by atoms with van der Waals surface area (Å²) >= 11 is 6.09. The van der Waals surface area contributed by atoms with Crippen molar-refractivity contribution in [2.24, 2.45) is 7.05 Å². The van der Waals surface area contributed by atoms with Crippen LogP contribution in [0.5, 0.6) is 0 Å². The molecule has 0 radical (unpaired) electrons. The molecule has 106 valence electrons. The summed E-state index contributed by atoms with van der Waals surface area (Å²) in [5.74, 6) is 0.569. The van der Waals surface area contributed by atoms with Gasteiger partial charge in [-0.25, -0.2) is 4.98 Å². The predicted molar refractivity (Wildman–Crippen MR) is 77.6 cm³/mol. The standard InChI is InChI=1S/C15H13ClN4O/c1-9-11(16)4-3-10-12(7-17)20(15(21)14(9)10)8-13-18-5-6-19(13)2/h3-6,12H,8H2,1-2H3. The van der Waals surface area contributed by atoms with E-state index in [1.54, 1.807) is 25.3 Å². The van der Waals surface area contributed by atoms with E-state index in [0.717, 1.165) is 17.0 Å². The number of amides is 1. The maximum atomic E-state index is 12.7. The van der Waals surface area contributed by atoms with Gasteiger partial charge in [0, 0.05) is 30.0 Å². The highest BCUT2D eigenvalue weighted by molar-refractivity contribution is 6.32. The van der Waals surface area contributed by atoms with Gasteiger partial charge in [-0.3, -0.25) is 4.79 Å². The summed E-state index contributed by atoms with van der Waals surface area (Å²) in [6.45, 7) is 2.10. The van der Waals surface area contributed by atoms with Crippen molar-refractivity contribution in [2.75, 3.05) is 0 Å². The Balaban J connectivity index is 2.05. The number of nitrogens with zero attached hydrogens (tertiary/aromatic N) is 4. The first-order valence-corrected chi connectivity index (χ1v) is 6.88. The van der Waals surface area contributed by atoms with Crippen molar-refractivity contribution in [3.8, 4) is 6.07 Å². The average molecular weight is 301 g/mol. The largest absolute Gasteiger partial charge is 0.337 e. The lowest BCUT2D eigenvalue weighted by Gasteiger charge is -2.19. The first kappa shape index (κ1) is 13.7. The van der Waals surface area contributed by atoms with Crippen LogP contribution in [0.3, 0.4) is 0 Å². The molecule has 0 saturated heterocycles. The molecule has 2 heterocycles. The van der Waals surface area contributed by atoms with Crippen LogP contribution in [0.4, 0.5) is 0 Å². The van der Waals surface area contributed by atoms with Crippen molar-refractivity contribution in [2.45, 2.75) is 19.5 Å². The number of hydrogen-bond acceptors (Lipinski definition) is 3. The summed E-state index contributed by atoms with van der Waals surface area (Å²) in [6, 6.07) is 5.10. The normalized spacial score (nSPS) is 17.0. The maximum absolute atomic E-state index is 12.7. The zero-order valence-electron chi connectivity index (χ0n) is 11.7. The third-order valence-corrected chi connectivity index (χ3v) is 4.28. The lowest BCUT2D eigenvalue weighted by Crippen LogP contribution is -2.28. The molecule has 2 aromatic rings. The number of aromatic nitrogens is 2. The van der Waals surface area contributed by atoms with E-state index in [0.29, 0.717) is 17.1 Å². The first-order valence-electron chi connectivity index (χ1n) is 6.50. The van der Waals surface area contributed by atoms with Crippen molar-refractivity contribution in [3.05, 3.63) is 52.1 Å². The van der Waals surface area contributed by atoms with Crippen LogP contribution in [0, 0.1) is 18.3 Å². The second-order valence-electron chi connectivity index (χ2n) is 5.06. The SMILES string of the molecule is Cc1c(Cl)ccc2c1C(=O)N(Cc1nccn1C)C2C#N. The minimum Gasteiger partial charge on any atom is -0.337 e. The first-order chi connectivity index (χ1) is 10.0. The summed E-state index contributed by atoms with van der Waals surface area (Å²) < 4.78 is 1.84. The molecule has 0 bridgehead atoms. The van der Waals surface area contributed by atoms with Gasteiger partial charge in [0.2, 0.25) is 0 Å². The van der Waals surface area contributed by atoms with Gasteiger partial charge in [0.05, 0.1) is 18.2 Å². The molecule has 0 spiro atoms. The van der Waals surface area contributed by atoms with Gasteiger partial charge in [0.1, 0.15) is 11.9 Å². The summed E-state index contributed by atoms with van der Waals surface area (Å²) in [7, 11) is 1.86. The molecule has 0 saturated carbocycles. The van der Waals surface area contributed by atoms with Gasteiger partial charge in [-0.1, -0.05) is 17.7 Å². The Hall–Kier alpha value is -2.32. The average Bonchev–Trinajstić information content (AvgIpc) is 2.98. The van der Waals surface area contributed by atoms with Crippen LogP contribution < -0.4 is 0 Å². The number of hydrogen-bond donors (Lipinski definition) is 0. The number of benzene rings is 1. The molecule has 1 unspecified atom stereocenters. The van der Waals surface area contributed by atoms with Crippen LogP contribution in [0.1, 0.15) is 33.4 Å². The number of fused-ring (bicyclic) bond motifs is 1. The number of aryl methyl sites for hydroxylation is 1. The summed E-state index contributed by atoms with van der Waals surface area (Å²) in [5.41, 5.74) is 1.99. The molecule has 5 nitrogen and oxygen atoms in total. The molecule has 0 aliphatic carbocycles. The Morgan fingerprint density at radius 3 is 2.86 bits per heavy atom. The lowest BCUT2D eigenvalue weighted by atomic mass is 10.0. The number of carbonyl (C=O) groups is 1. The fourth-order valence-corrected chi connectivity index (χ4v) is 2.81. The van der Waals surface area contributed by atoms with Crippen molar-refractivity contribution < 1.29 is 4.79 Å².